The van der Waals surface area contributed by atoms with E-state index in [-0.39, 0.29) is 18.7 Å². The normalized spacial score (nSPS) is 19.1. The van der Waals surface area contributed by atoms with E-state index in [2.05, 4.69) is 5.32 Å². The maximum absolute atomic E-state index is 13.0. The number of benzene rings is 2. The molecule has 0 radical (unpaired) electrons. The number of methoxy groups -OCH3 is 1. The van der Waals surface area contributed by atoms with Gasteiger partial charge < -0.3 is 10.1 Å². The molecule has 1 heterocycles. The first-order chi connectivity index (χ1) is 12.8. The van der Waals surface area contributed by atoms with Crippen molar-refractivity contribution in [3.05, 3.63) is 65.5 Å². The van der Waals surface area contributed by atoms with Gasteiger partial charge in [-0.25, -0.2) is 9.18 Å². The first-order valence-electron chi connectivity index (χ1n) is 8.42. The zero-order valence-corrected chi connectivity index (χ0v) is 15.0. The lowest BCUT2D eigenvalue weighted by Gasteiger charge is -2.22. The fourth-order valence-corrected chi connectivity index (χ4v) is 3.01. The Labute approximate surface area is 155 Å². The highest BCUT2D eigenvalue weighted by molar-refractivity contribution is 6.07. The minimum atomic E-state index is -1.21. The Kier molecular flexibility index (Phi) is 4.94. The fourth-order valence-electron chi connectivity index (χ4n) is 3.01. The van der Waals surface area contributed by atoms with E-state index in [1.165, 1.54) is 24.3 Å². The molecule has 1 aliphatic heterocycles. The third-order valence-corrected chi connectivity index (χ3v) is 4.67. The molecular formula is C20H19FN2O4. The molecule has 0 spiro atoms. The van der Waals surface area contributed by atoms with E-state index in [4.69, 9.17) is 4.74 Å². The summed E-state index contributed by atoms with van der Waals surface area (Å²) in [5.74, 6) is -0.491. The number of nitrogens with zero attached hydrogens (tertiary/aromatic N) is 1. The number of rotatable bonds is 6. The van der Waals surface area contributed by atoms with Gasteiger partial charge in [-0.3, -0.25) is 14.5 Å². The number of hydrogen-bond acceptors (Lipinski definition) is 4. The van der Waals surface area contributed by atoms with Gasteiger partial charge in [0.2, 0.25) is 0 Å². The number of carbonyl (C=O) groups excluding carboxylic acids is 3. The SMILES string of the molecule is COc1ccc(C2(C)NC(=O)N(CCC(=O)c3ccc(F)cc3)C2=O)cc1. The van der Waals surface area contributed by atoms with Gasteiger partial charge in [0, 0.05) is 18.5 Å². The summed E-state index contributed by atoms with van der Waals surface area (Å²) in [5, 5.41) is 2.69. The number of carbonyl (C=O) groups is 3. The largest absolute Gasteiger partial charge is 0.497 e. The Bertz CT molecular complexity index is 880. The van der Waals surface area contributed by atoms with Crippen molar-refractivity contribution >= 4 is 17.7 Å². The van der Waals surface area contributed by atoms with E-state index in [0.717, 1.165) is 4.90 Å². The van der Waals surface area contributed by atoms with Crippen LogP contribution in [0.25, 0.3) is 0 Å². The summed E-state index contributed by atoms with van der Waals surface area (Å²) in [4.78, 5) is 38.4. The summed E-state index contributed by atoms with van der Waals surface area (Å²) in [7, 11) is 1.54. The van der Waals surface area contributed by atoms with Crippen LogP contribution in [0.15, 0.2) is 48.5 Å². The third kappa shape index (κ3) is 3.53. The number of halogens is 1. The highest BCUT2D eigenvalue weighted by Crippen LogP contribution is 2.30. The molecule has 7 heteroatoms. The molecule has 3 amide bonds. The minimum absolute atomic E-state index is 0.0382. The summed E-state index contributed by atoms with van der Waals surface area (Å²) in [6.45, 7) is 1.57. The highest BCUT2D eigenvalue weighted by atomic mass is 19.1. The molecule has 0 saturated carbocycles. The second-order valence-electron chi connectivity index (χ2n) is 6.42. The van der Waals surface area contributed by atoms with Crippen LogP contribution in [-0.4, -0.2) is 36.3 Å². The molecule has 0 aliphatic carbocycles. The average Bonchev–Trinajstić information content (AvgIpc) is 2.90. The van der Waals surface area contributed by atoms with Crippen molar-refractivity contribution in [2.45, 2.75) is 18.9 Å². The number of imide groups is 1. The lowest BCUT2D eigenvalue weighted by atomic mass is 9.92. The number of hydrogen-bond donors (Lipinski definition) is 1. The van der Waals surface area contributed by atoms with Crippen molar-refractivity contribution in [1.29, 1.82) is 0 Å². The molecule has 1 aliphatic rings. The van der Waals surface area contributed by atoms with Crippen molar-refractivity contribution in [2.24, 2.45) is 0 Å². The Morgan fingerprint density at radius 2 is 1.74 bits per heavy atom. The second-order valence-corrected chi connectivity index (χ2v) is 6.42. The number of amides is 3. The lowest BCUT2D eigenvalue weighted by molar-refractivity contribution is -0.131. The van der Waals surface area contributed by atoms with Crippen LogP contribution in [0.1, 0.15) is 29.3 Å². The van der Waals surface area contributed by atoms with Gasteiger partial charge in [0.15, 0.2) is 5.78 Å². The summed E-state index contributed by atoms with van der Waals surface area (Å²) < 4.78 is 18.1. The maximum atomic E-state index is 13.0. The van der Waals surface area contributed by atoms with Crippen LogP contribution in [0.5, 0.6) is 5.75 Å². The van der Waals surface area contributed by atoms with Gasteiger partial charge in [-0.15, -0.1) is 0 Å². The van der Waals surface area contributed by atoms with Gasteiger partial charge >= 0.3 is 6.03 Å². The van der Waals surface area contributed by atoms with Gasteiger partial charge in [0.05, 0.1) is 7.11 Å². The maximum Gasteiger partial charge on any atom is 0.325 e. The molecule has 0 aromatic heterocycles. The predicted molar refractivity (Wildman–Crippen MR) is 95.9 cm³/mol. The first-order valence-corrected chi connectivity index (χ1v) is 8.42. The molecule has 2 aromatic rings. The summed E-state index contributed by atoms with van der Waals surface area (Å²) >= 11 is 0. The number of urea groups is 1. The van der Waals surface area contributed by atoms with E-state index in [1.807, 2.05) is 0 Å². The van der Waals surface area contributed by atoms with Gasteiger partial charge in [0.1, 0.15) is 17.1 Å². The van der Waals surface area contributed by atoms with Gasteiger partial charge in [-0.2, -0.15) is 0 Å². The van der Waals surface area contributed by atoms with E-state index in [9.17, 15) is 18.8 Å². The van der Waals surface area contributed by atoms with Crippen LogP contribution >= 0.6 is 0 Å². The van der Waals surface area contributed by atoms with Crippen LogP contribution < -0.4 is 10.1 Å². The van der Waals surface area contributed by atoms with E-state index < -0.39 is 23.3 Å². The monoisotopic (exact) mass is 370 g/mol. The van der Waals surface area contributed by atoms with E-state index >= 15 is 0 Å². The Morgan fingerprint density at radius 1 is 1.11 bits per heavy atom. The summed E-state index contributed by atoms with van der Waals surface area (Å²) in [6.07, 6.45) is -0.0382. The highest BCUT2D eigenvalue weighted by Gasteiger charge is 2.48. The molecule has 1 fully saturated rings. The smallest absolute Gasteiger partial charge is 0.325 e. The van der Waals surface area contributed by atoms with Crippen LogP contribution in [0.4, 0.5) is 9.18 Å². The summed E-state index contributed by atoms with van der Waals surface area (Å²) in [5.41, 5.74) is -0.252. The quantitative estimate of drug-likeness (QED) is 0.627. The van der Waals surface area contributed by atoms with Crippen LogP contribution in [-0.2, 0) is 10.3 Å². The van der Waals surface area contributed by atoms with Crippen molar-refractivity contribution < 1.29 is 23.5 Å². The number of ether oxygens (including phenoxy) is 1. The van der Waals surface area contributed by atoms with E-state index in [1.54, 1.807) is 38.3 Å². The standard InChI is InChI=1S/C20H19FN2O4/c1-20(14-5-9-16(27-2)10-6-14)18(25)23(19(26)22-20)12-11-17(24)13-3-7-15(21)8-4-13/h3-10H,11-12H2,1-2H3,(H,22,26). The van der Waals surface area contributed by atoms with Gasteiger partial charge in [0.25, 0.3) is 5.91 Å². The molecule has 2 aromatic carbocycles. The molecule has 1 unspecified atom stereocenters. The van der Waals surface area contributed by atoms with Crippen molar-refractivity contribution in [1.82, 2.24) is 10.2 Å². The molecule has 27 heavy (non-hydrogen) atoms. The first kappa shape index (κ1) is 18.6. The molecule has 140 valence electrons. The van der Waals surface area contributed by atoms with Crippen molar-refractivity contribution in [2.75, 3.05) is 13.7 Å². The number of nitrogens with one attached hydrogen (secondary N) is 1. The predicted octanol–water partition coefficient (Wildman–Crippen LogP) is 2.87. The fraction of sp³-hybridized carbons (Fsp3) is 0.250. The number of ketones is 1. The Morgan fingerprint density at radius 3 is 2.33 bits per heavy atom. The molecular weight excluding hydrogens is 351 g/mol. The number of Topliss-reactive ketones (excluding diaryl/α,β-unsaturated/α-hetero) is 1. The van der Waals surface area contributed by atoms with Crippen LogP contribution in [0.3, 0.4) is 0 Å². The van der Waals surface area contributed by atoms with Crippen LogP contribution in [0.2, 0.25) is 0 Å². The molecule has 0 bridgehead atoms. The van der Waals surface area contributed by atoms with Crippen molar-refractivity contribution in [3.8, 4) is 5.75 Å². The Hall–Kier alpha value is -3.22. The second kappa shape index (κ2) is 7.19. The molecule has 6 nitrogen and oxygen atoms in total. The molecule has 1 saturated heterocycles. The van der Waals surface area contributed by atoms with E-state index in [0.29, 0.717) is 16.9 Å². The van der Waals surface area contributed by atoms with Crippen LogP contribution in [0, 0.1) is 5.82 Å². The Balaban J connectivity index is 1.71. The zero-order chi connectivity index (χ0) is 19.6. The molecule has 1 atom stereocenters. The molecule has 1 N–H and O–H groups in total. The molecule has 3 rings (SSSR count). The lowest BCUT2D eigenvalue weighted by Crippen LogP contribution is -2.41. The van der Waals surface area contributed by atoms with Crippen molar-refractivity contribution in [3.63, 3.8) is 0 Å². The minimum Gasteiger partial charge on any atom is -0.497 e. The third-order valence-electron chi connectivity index (χ3n) is 4.67. The summed E-state index contributed by atoms with van der Waals surface area (Å²) in [6, 6.07) is 11.4. The van der Waals surface area contributed by atoms with Gasteiger partial charge in [-0.05, 0) is 48.9 Å². The van der Waals surface area contributed by atoms with Gasteiger partial charge in [-0.1, -0.05) is 12.1 Å². The topological polar surface area (TPSA) is 75.7 Å². The zero-order valence-electron chi connectivity index (χ0n) is 15.0. The average molecular weight is 370 g/mol.